The molecular formula is C15H13BrO2. The molecule has 0 aliphatic heterocycles. The van der Waals surface area contributed by atoms with E-state index in [2.05, 4.69) is 15.9 Å². The molecule has 0 spiro atoms. The lowest BCUT2D eigenvalue weighted by Gasteiger charge is -2.16. The predicted octanol–water partition coefficient (Wildman–Crippen LogP) is 3.37. The van der Waals surface area contributed by atoms with Gasteiger partial charge in [0.1, 0.15) is 4.83 Å². The Morgan fingerprint density at radius 1 is 0.944 bits per heavy atom. The fourth-order valence-electron chi connectivity index (χ4n) is 1.72. The summed E-state index contributed by atoms with van der Waals surface area (Å²) in [6, 6.07) is 18.1. The lowest BCUT2D eigenvalue weighted by Crippen LogP contribution is -2.22. The number of hydrogen-bond donors (Lipinski definition) is 1. The molecule has 0 radical (unpaired) electrons. The van der Waals surface area contributed by atoms with Gasteiger partial charge < -0.3 is 5.11 Å². The Bertz CT molecular complexity index is 511. The molecule has 0 aromatic heterocycles. The van der Waals surface area contributed by atoms with Crippen molar-refractivity contribution in [1.82, 2.24) is 0 Å². The van der Waals surface area contributed by atoms with Crippen molar-refractivity contribution in [2.75, 3.05) is 0 Å². The molecule has 0 aliphatic rings. The molecule has 0 heterocycles. The van der Waals surface area contributed by atoms with Gasteiger partial charge in [0.15, 0.2) is 5.78 Å². The first-order valence-electron chi connectivity index (χ1n) is 5.66. The van der Waals surface area contributed by atoms with Gasteiger partial charge in [0.2, 0.25) is 0 Å². The third-order valence-corrected chi connectivity index (χ3v) is 3.64. The highest BCUT2D eigenvalue weighted by atomic mass is 79.9. The standard InChI is InChI=1S/C15H13BrO2/c16-13(14(17)11-7-3-1-4-8-11)15(18)12-9-5-2-6-10-12/h1-10,13-14,17H/t13-,14-/m0/s1. The molecule has 2 rings (SSSR count). The molecule has 2 aromatic rings. The van der Waals surface area contributed by atoms with E-state index in [1.807, 2.05) is 36.4 Å². The van der Waals surface area contributed by atoms with Crippen molar-refractivity contribution in [2.45, 2.75) is 10.9 Å². The van der Waals surface area contributed by atoms with E-state index in [0.717, 1.165) is 5.56 Å². The van der Waals surface area contributed by atoms with Crippen molar-refractivity contribution in [3.63, 3.8) is 0 Å². The van der Waals surface area contributed by atoms with Gasteiger partial charge in [-0.05, 0) is 5.56 Å². The first-order valence-corrected chi connectivity index (χ1v) is 6.58. The largest absolute Gasteiger partial charge is 0.387 e. The number of halogens is 1. The minimum atomic E-state index is -0.848. The summed E-state index contributed by atoms with van der Waals surface area (Å²) in [4.78, 5) is 11.5. The fourth-order valence-corrected chi connectivity index (χ4v) is 2.29. The summed E-state index contributed by atoms with van der Waals surface area (Å²) >= 11 is 3.28. The van der Waals surface area contributed by atoms with Gasteiger partial charge in [0.05, 0.1) is 6.10 Å². The number of alkyl halides is 1. The van der Waals surface area contributed by atoms with E-state index in [1.54, 1.807) is 24.3 Å². The van der Waals surface area contributed by atoms with Crippen LogP contribution in [0.3, 0.4) is 0 Å². The average Bonchev–Trinajstić information content (AvgIpc) is 2.47. The van der Waals surface area contributed by atoms with Crippen LogP contribution in [-0.2, 0) is 0 Å². The Hall–Kier alpha value is -1.45. The number of aliphatic hydroxyl groups is 1. The van der Waals surface area contributed by atoms with Gasteiger partial charge in [-0.3, -0.25) is 4.79 Å². The van der Waals surface area contributed by atoms with Gasteiger partial charge in [-0.15, -0.1) is 0 Å². The van der Waals surface area contributed by atoms with Crippen LogP contribution in [0.1, 0.15) is 22.0 Å². The van der Waals surface area contributed by atoms with Crippen LogP contribution >= 0.6 is 15.9 Å². The molecule has 0 unspecified atom stereocenters. The maximum absolute atomic E-state index is 12.2. The summed E-state index contributed by atoms with van der Waals surface area (Å²) in [5.41, 5.74) is 1.32. The van der Waals surface area contributed by atoms with E-state index < -0.39 is 10.9 Å². The van der Waals surface area contributed by atoms with Crippen LogP contribution in [0.4, 0.5) is 0 Å². The summed E-state index contributed by atoms with van der Waals surface area (Å²) in [6.07, 6.45) is -0.848. The number of carbonyl (C=O) groups is 1. The lowest BCUT2D eigenvalue weighted by molar-refractivity contribution is 0.0903. The highest BCUT2D eigenvalue weighted by molar-refractivity contribution is 9.10. The van der Waals surface area contributed by atoms with Crippen molar-refractivity contribution >= 4 is 21.7 Å². The van der Waals surface area contributed by atoms with Crippen LogP contribution in [0, 0.1) is 0 Å². The molecule has 3 heteroatoms. The van der Waals surface area contributed by atoms with E-state index in [1.165, 1.54) is 0 Å². The van der Waals surface area contributed by atoms with Crippen molar-refractivity contribution in [3.8, 4) is 0 Å². The fraction of sp³-hybridized carbons (Fsp3) is 0.133. The molecule has 0 saturated carbocycles. The van der Waals surface area contributed by atoms with Crippen LogP contribution < -0.4 is 0 Å². The number of aliphatic hydroxyl groups excluding tert-OH is 1. The first-order chi connectivity index (χ1) is 8.70. The smallest absolute Gasteiger partial charge is 0.179 e. The van der Waals surface area contributed by atoms with E-state index >= 15 is 0 Å². The van der Waals surface area contributed by atoms with E-state index in [-0.39, 0.29) is 5.78 Å². The van der Waals surface area contributed by atoms with Crippen molar-refractivity contribution in [1.29, 1.82) is 0 Å². The Labute approximate surface area is 114 Å². The molecule has 92 valence electrons. The van der Waals surface area contributed by atoms with E-state index in [0.29, 0.717) is 5.56 Å². The van der Waals surface area contributed by atoms with Gasteiger partial charge in [-0.1, -0.05) is 76.6 Å². The van der Waals surface area contributed by atoms with Gasteiger partial charge in [0.25, 0.3) is 0 Å². The average molecular weight is 305 g/mol. The summed E-state index contributed by atoms with van der Waals surface area (Å²) in [5, 5.41) is 10.2. The number of hydrogen-bond acceptors (Lipinski definition) is 2. The topological polar surface area (TPSA) is 37.3 Å². The minimum Gasteiger partial charge on any atom is -0.387 e. The summed E-state index contributed by atoms with van der Waals surface area (Å²) in [7, 11) is 0. The second kappa shape index (κ2) is 5.94. The zero-order valence-corrected chi connectivity index (χ0v) is 11.2. The third kappa shape index (κ3) is 2.86. The number of ketones is 1. The maximum Gasteiger partial charge on any atom is 0.179 e. The van der Waals surface area contributed by atoms with Gasteiger partial charge in [-0.2, -0.15) is 0 Å². The van der Waals surface area contributed by atoms with Gasteiger partial charge in [-0.25, -0.2) is 0 Å². The Morgan fingerprint density at radius 2 is 1.44 bits per heavy atom. The van der Waals surface area contributed by atoms with Gasteiger partial charge in [0, 0.05) is 5.56 Å². The van der Waals surface area contributed by atoms with Crippen molar-refractivity contribution in [3.05, 3.63) is 71.8 Å². The van der Waals surface area contributed by atoms with E-state index in [9.17, 15) is 9.90 Å². The monoisotopic (exact) mass is 304 g/mol. The molecule has 2 nitrogen and oxygen atoms in total. The second-order valence-electron chi connectivity index (χ2n) is 3.99. The summed E-state index contributed by atoms with van der Waals surface area (Å²) < 4.78 is 0. The number of rotatable bonds is 4. The van der Waals surface area contributed by atoms with Crippen LogP contribution in [0.25, 0.3) is 0 Å². The van der Waals surface area contributed by atoms with Crippen molar-refractivity contribution < 1.29 is 9.90 Å². The molecular weight excluding hydrogens is 292 g/mol. The van der Waals surface area contributed by atoms with Crippen LogP contribution in [0.15, 0.2) is 60.7 Å². The second-order valence-corrected chi connectivity index (χ2v) is 4.97. The third-order valence-electron chi connectivity index (χ3n) is 2.73. The Morgan fingerprint density at radius 3 is 2.00 bits per heavy atom. The number of benzene rings is 2. The number of Topliss-reactive ketones (excluding diaryl/α,β-unsaturated/α-hetero) is 1. The minimum absolute atomic E-state index is 0.119. The first kappa shape index (κ1) is 13.0. The molecule has 0 amide bonds. The highest BCUT2D eigenvalue weighted by Gasteiger charge is 2.25. The molecule has 2 atom stereocenters. The van der Waals surface area contributed by atoms with Crippen LogP contribution in [0.5, 0.6) is 0 Å². The summed E-state index contributed by atoms with van der Waals surface area (Å²) in [5.74, 6) is -0.119. The molecule has 0 fully saturated rings. The molecule has 18 heavy (non-hydrogen) atoms. The van der Waals surface area contributed by atoms with E-state index in [4.69, 9.17) is 0 Å². The predicted molar refractivity (Wildman–Crippen MR) is 74.9 cm³/mol. The van der Waals surface area contributed by atoms with Crippen LogP contribution in [-0.4, -0.2) is 15.7 Å². The molecule has 2 aromatic carbocycles. The molecule has 0 bridgehead atoms. The van der Waals surface area contributed by atoms with Crippen LogP contribution in [0.2, 0.25) is 0 Å². The normalized spacial score (nSPS) is 13.9. The number of carbonyl (C=O) groups excluding carboxylic acids is 1. The SMILES string of the molecule is O=C(c1ccccc1)[C@@H](Br)[C@@H](O)c1ccccc1. The zero-order chi connectivity index (χ0) is 13.0. The summed E-state index contributed by atoms with van der Waals surface area (Å²) in [6.45, 7) is 0. The molecule has 1 N–H and O–H groups in total. The van der Waals surface area contributed by atoms with Crippen molar-refractivity contribution in [2.24, 2.45) is 0 Å². The molecule has 0 saturated heterocycles. The lowest BCUT2D eigenvalue weighted by atomic mass is 10.0. The Kier molecular flexibility index (Phi) is 4.28. The van der Waals surface area contributed by atoms with Gasteiger partial charge >= 0.3 is 0 Å². The molecule has 0 aliphatic carbocycles. The Balaban J connectivity index is 2.17. The maximum atomic E-state index is 12.2. The quantitative estimate of drug-likeness (QED) is 0.694. The zero-order valence-electron chi connectivity index (χ0n) is 9.66. The highest BCUT2D eigenvalue weighted by Crippen LogP contribution is 2.25.